The smallest absolute Gasteiger partial charge is 0.169 e. The number of rotatable bonds is 7. The van der Waals surface area contributed by atoms with Crippen molar-refractivity contribution in [3.05, 3.63) is 12.2 Å². The number of halogens is 1. The van der Waals surface area contributed by atoms with Gasteiger partial charge in [-0.2, -0.15) is 5.26 Å². The van der Waals surface area contributed by atoms with Crippen molar-refractivity contribution < 1.29 is 4.79 Å². The molecule has 3 aliphatic carbocycles. The second-order valence-corrected chi connectivity index (χ2v) is 8.56. The number of nitrogens with one attached hydrogen (secondary N) is 1. The largest absolute Gasteiger partial charge is 0.308 e. The molecule has 0 amide bonds. The minimum atomic E-state index is 0.145. The summed E-state index contributed by atoms with van der Waals surface area (Å²) in [6, 6.07) is 2.41. The Hall–Kier alpha value is -0.490. The highest BCUT2D eigenvalue weighted by Gasteiger charge is 2.49. The van der Waals surface area contributed by atoms with Gasteiger partial charge in [0.2, 0.25) is 0 Å². The zero-order chi connectivity index (χ0) is 16.3. The monoisotopic (exact) mass is 428 g/mol. The zero-order valence-corrected chi connectivity index (χ0v) is 15.7. The van der Waals surface area contributed by atoms with Gasteiger partial charge < -0.3 is 5.32 Å². The third-order valence-electron chi connectivity index (χ3n) is 5.53. The van der Waals surface area contributed by atoms with Gasteiger partial charge in [0.25, 0.3) is 0 Å². The van der Waals surface area contributed by atoms with Gasteiger partial charge in [-0.25, -0.2) is 3.11 Å². The van der Waals surface area contributed by atoms with Crippen LogP contribution in [0.5, 0.6) is 0 Å². The standard InChI is InChI=1S/C17H25IN4O/c18-22-9-8-21(15(12-22)4-6-19)13-16(23)2-1-7-20-17-5-3-14(10-17)11-17/h1-2,14-15,20H,3-5,7-13H2/b2-1+/t14?,15-,17?/m0/s1. The molecule has 3 saturated carbocycles. The summed E-state index contributed by atoms with van der Waals surface area (Å²) in [6.45, 7) is 3.89. The molecular formula is C17H25IN4O. The minimum Gasteiger partial charge on any atom is -0.308 e. The molecule has 5 nitrogen and oxygen atoms in total. The van der Waals surface area contributed by atoms with Crippen molar-refractivity contribution in [2.24, 2.45) is 5.92 Å². The maximum Gasteiger partial charge on any atom is 0.169 e. The van der Waals surface area contributed by atoms with Crippen LogP contribution in [0.25, 0.3) is 0 Å². The van der Waals surface area contributed by atoms with Crippen LogP contribution in [-0.2, 0) is 4.79 Å². The van der Waals surface area contributed by atoms with E-state index in [0.717, 1.165) is 32.1 Å². The van der Waals surface area contributed by atoms with E-state index in [1.807, 2.05) is 6.08 Å². The SMILES string of the molecule is N#CC[C@H]1CN(I)CCN1CC(=O)/C=C/CNC12CCC(C1)C2. The second kappa shape index (κ2) is 7.60. The number of fused-ring (bicyclic) bond motifs is 1. The van der Waals surface area contributed by atoms with E-state index < -0.39 is 0 Å². The summed E-state index contributed by atoms with van der Waals surface area (Å²) in [6.07, 6.45) is 9.50. The number of nitrogens with zero attached hydrogens (tertiary/aromatic N) is 3. The Morgan fingerprint density at radius 1 is 1.43 bits per heavy atom. The molecule has 0 spiro atoms. The molecule has 0 aromatic rings. The van der Waals surface area contributed by atoms with Crippen molar-refractivity contribution in [1.82, 2.24) is 13.3 Å². The van der Waals surface area contributed by atoms with Crippen molar-refractivity contribution in [2.45, 2.75) is 43.7 Å². The lowest BCUT2D eigenvalue weighted by Crippen LogP contribution is -2.51. The predicted molar refractivity (Wildman–Crippen MR) is 98.0 cm³/mol. The maximum atomic E-state index is 12.2. The van der Waals surface area contributed by atoms with Gasteiger partial charge in [-0.1, -0.05) is 6.08 Å². The molecular weight excluding hydrogens is 403 g/mol. The fourth-order valence-electron chi connectivity index (χ4n) is 4.25. The Kier molecular flexibility index (Phi) is 5.73. The highest BCUT2D eigenvalue weighted by Crippen LogP contribution is 2.51. The number of carbonyl (C=O) groups is 1. The van der Waals surface area contributed by atoms with E-state index >= 15 is 0 Å². The third-order valence-corrected chi connectivity index (χ3v) is 6.41. The molecule has 4 fully saturated rings. The van der Waals surface area contributed by atoms with Crippen LogP contribution in [0.2, 0.25) is 0 Å². The van der Waals surface area contributed by atoms with Crippen LogP contribution in [0.1, 0.15) is 32.1 Å². The lowest BCUT2D eigenvalue weighted by Gasteiger charge is -2.39. The summed E-state index contributed by atoms with van der Waals surface area (Å²) < 4.78 is 2.20. The van der Waals surface area contributed by atoms with Crippen LogP contribution >= 0.6 is 22.9 Å². The summed E-state index contributed by atoms with van der Waals surface area (Å²) in [5, 5.41) is 12.6. The van der Waals surface area contributed by atoms with Crippen LogP contribution < -0.4 is 5.32 Å². The Balaban J connectivity index is 1.41. The van der Waals surface area contributed by atoms with Crippen molar-refractivity contribution in [1.29, 1.82) is 5.26 Å². The first-order valence-electron chi connectivity index (χ1n) is 8.56. The van der Waals surface area contributed by atoms with Gasteiger partial charge in [0.05, 0.1) is 19.0 Å². The molecule has 2 bridgehead atoms. The molecule has 4 rings (SSSR count). The molecule has 1 atom stereocenters. The van der Waals surface area contributed by atoms with E-state index in [1.54, 1.807) is 6.08 Å². The third kappa shape index (κ3) is 4.32. The van der Waals surface area contributed by atoms with Gasteiger partial charge >= 0.3 is 0 Å². The van der Waals surface area contributed by atoms with Gasteiger partial charge in [0.15, 0.2) is 5.78 Å². The Morgan fingerprint density at radius 2 is 2.26 bits per heavy atom. The summed E-state index contributed by atoms with van der Waals surface area (Å²) >= 11 is 2.30. The van der Waals surface area contributed by atoms with Crippen LogP contribution in [0.4, 0.5) is 0 Å². The molecule has 0 aromatic heterocycles. The van der Waals surface area contributed by atoms with Gasteiger partial charge in [-0.3, -0.25) is 9.69 Å². The number of hydrogen-bond acceptors (Lipinski definition) is 5. The minimum absolute atomic E-state index is 0.145. The quantitative estimate of drug-likeness (QED) is 0.382. The highest BCUT2D eigenvalue weighted by molar-refractivity contribution is 14.1. The average Bonchev–Trinajstić information content (AvgIpc) is 3.07. The molecule has 1 saturated heterocycles. The van der Waals surface area contributed by atoms with Crippen LogP contribution in [0, 0.1) is 17.2 Å². The van der Waals surface area contributed by atoms with Crippen molar-refractivity contribution in [2.75, 3.05) is 32.7 Å². The summed E-state index contributed by atoms with van der Waals surface area (Å²) in [7, 11) is 0. The van der Waals surface area contributed by atoms with Crippen LogP contribution in [0.3, 0.4) is 0 Å². The number of piperazine rings is 1. The van der Waals surface area contributed by atoms with Crippen molar-refractivity contribution in [3.63, 3.8) is 0 Å². The molecule has 1 aliphatic heterocycles. The van der Waals surface area contributed by atoms with E-state index in [9.17, 15) is 4.79 Å². The second-order valence-electron chi connectivity index (χ2n) is 7.20. The molecule has 4 aliphatic rings. The molecule has 1 N–H and O–H groups in total. The van der Waals surface area contributed by atoms with Gasteiger partial charge in [-0.15, -0.1) is 0 Å². The fourth-order valence-corrected chi connectivity index (χ4v) is 4.92. The molecule has 0 aromatic carbocycles. The van der Waals surface area contributed by atoms with E-state index in [0.29, 0.717) is 18.5 Å². The van der Waals surface area contributed by atoms with Gasteiger partial charge in [0, 0.05) is 60.6 Å². The van der Waals surface area contributed by atoms with Crippen LogP contribution in [-0.4, -0.2) is 58.1 Å². The lowest BCUT2D eigenvalue weighted by molar-refractivity contribution is -0.116. The highest BCUT2D eigenvalue weighted by atomic mass is 127. The molecule has 1 heterocycles. The normalized spacial score (nSPS) is 34.4. The Morgan fingerprint density at radius 3 is 2.96 bits per heavy atom. The van der Waals surface area contributed by atoms with Gasteiger partial charge in [0.1, 0.15) is 0 Å². The maximum absolute atomic E-state index is 12.2. The Bertz CT molecular complexity index is 504. The lowest BCUT2D eigenvalue weighted by atomic mass is 9.77. The number of ketones is 1. The zero-order valence-electron chi connectivity index (χ0n) is 13.5. The first-order valence-corrected chi connectivity index (χ1v) is 9.53. The number of carbonyl (C=O) groups excluding carboxylic acids is 1. The van der Waals surface area contributed by atoms with Crippen molar-refractivity contribution >= 4 is 28.6 Å². The predicted octanol–water partition coefficient (Wildman–Crippen LogP) is 1.89. The number of nitriles is 1. The average molecular weight is 428 g/mol. The Labute approximate surface area is 152 Å². The van der Waals surface area contributed by atoms with E-state index in [2.05, 4.69) is 42.3 Å². The van der Waals surface area contributed by atoms with Crippen LogP contribution in [0.15, 0.2) is 12.2 Å². The van der Waals surface area contributed by atoms with Gasteiger partial charge in [-0.05, 0) is 37.7 Å². The molecule has 126 valence electrons. The summed E-state index contributed by atoms with van der Waals surface area (Å²) in [5.74, 6) is 1.11. The van der Waals surface area contributed by atoms with E-state index in [-0.39, 0.29) is 11.8 Å². The molecule has 6 heteroatoms. The summed E-state index contributed by atoms with van der Waals surface area (Å²) in [4.78, 5) is 14.3. The van der Waals surface area contributed by atoms with E-state index in [4.69, 9.17) is 5.26 Å². The summed E-state index contributed by atoms with van der Waals surface area (Å²) in [5.41, 5.74) is 0.395. The topological polar surface area (TPSA) is 59.4 Å². The number of hydrogen-bond donors (Lipinski definition) is 1. The first-order chi connectivity index (χ1) is 11.1. The fraction of sp³-hybridized carbons (Fsp3) is 0.765. The molecule has 0 radical (unpaired) electrons. The molecule has 23 heavy (non-hydrogen) atoms. The first kappa shape index (κ1) is 17.3. The van der Waals surface area contributed by atoms with E-state index in [1.165, 1.54) is 25.7 Å². The molecule has 0 unspecified atom stereocenters. The van der Waals surface area contributed by atoms with Crippen molar-refractivity contribution in [3.8, 4) is 6.07 Å².